The van der Waals surface area contributed by atoms with Gasteiger partial charge in [0.15, 0.2) is 0 Å². The minimum Gasteiger partial charge on any atom is -0.389 e. The molecule has 2 aromatic rings. The van der Waals surface area contributed by atoms with Crippen molar-refractivity contribution in [3.05, 3.63) is 47.2 Å². The molecule has 0 spiro atoms. The van der Waals surface area contributed by atoms with E-state index in [-0.39, 0.29) is 12.5 Å². The maximum absolute atomic E-state index is 12.5. The van der Waals surface area contributed by atoms with Gasteiger partial charge in [-0.05, 0) is 45.0 Å². The number of carbonyl (C=O) groups excluding carboxylic acids is 1. The highest BCUT2D eigenvalue weighted by Gasteiger charge is 2.23. The molecule has 6 heteroatoms. The van der Waals surface area contributed by atoms with Gasteiger partial charge in [0.25, 0.3) is 5.91 Å². The number of aromatic nitrogens is 2. The molecule has 0 aliphatic rings. The minimum atomic E-state index is -0.933. The number of amides is 1. The fraction of sp³-hybridized carbons (Fsp3) is 0.375. The van der Waals surface area contributed by atoms with Crippen molar-refractivity contribution >= 4 is 17.5 Å². The van der Waals surface area contributed by atoms with Crippen molar-refractivity contribution in [2.24, 2.45) is 0 Å². The van der Waals surface area contributed by atoms with E-state index in [0.29, 0.717) is 17.1 Å². The SMILES string of the molecule is CCN(CC(C)(C)O)C(=O)c1cnn(-c2ccc(Cl)cc2)c1. The number of benzene rings is 1. The number of aliphatic hydroxyl groups is 1. The van der Waals surface area contributed by atoms with Crippen molar-refractivity contribution in [2.45, 2.75) is 26.4 Å². The summed E-state index contributed by atoms with van der Waals surface area (Å²) in [7, 11) is 0. The average molecular weight is 322 g/mol. The summed E-state index contributed by atoms with van der Waals surface area (Å²) < 4.78 is 1.63. The number of hydrogen-bond acceptors (Lipinski definition) is 3. The van der Waals surface area contributed by atoms with E-state index < -0.39 is 5.60 Å². The molecular weight excluding hydrogens is 302 g/mol. The highest BCUT2D eigenvalue weighted by Crippen LogP contribution is 2.15. The Morgan fingerprint density at radius 2 is 2.00 bits per heavy atom. The number of likely N-dealkylation sites (N-methyl/N-ethyl adjacent to an activating group) is 1. The summed E-state index contributed by atoms with van der Waals surface area (Å²) in [5, 5.41) is 14.8. The van der Waals surface area contributed by atoms with Crippen LogP contribution in [0.25, 0.3) is 5.69 Å². The highest BCUT2D eigenvalue weighted by atomic mass is 35.5. The molecule has 1 N–H and O–H groups in total. The van der Waals surface area contributed by atoms with Crippen molar-refractivity contribution in [1.82, 2.24) is 14.7 Å². The standard InChI is InChI=1S/C16H20ClN3O2/c1-4-19(11-16(2,3)22)15(21)12-9-18-20(10-12)14-7-5-13(17)6-8-14/h5-10,22H,4,11H2,1-3H3. The monoisotopic (exact) mass is 321 g/mol. The molecule has 1 aromatic carbocycles. The lowest BCUT2D eigenvalue weighted by atomic mass is 10.1. The Morgan fingerprint density at radius 1 is 1.36 bits per heavy atom. The summed E-state index contributed by atoms with van der Waals surface area (Å²) in [6.07, 6.45) is 3.21. The zero-order valence-corrected chi connectivity index (χ0v) is 13.7. The maximum atomic E-state index is 12.5. The molecule has 1 aromatic heterocycles. The van der Waals surface area contributed by atoms with Crippen LogP contribution in [0.2, 0.25) is 5.02 Å². The molecule has 0 saturated carbocycles. The van der Waals surface area contributed by atoms with Gasteiger partial charge < -0.3 is 10.0 Å². The van der Waals surface area contributed by atoms with Gasteiger partial charge in [0.05, 0.1) is 23.0 Å². The van der Waals surface area contributed by atoms with Gasteiger partial charge in [0.2, 0.25) is 0 Å². The van der Waals surface area contributed by atoms with Crippen LogP contribution in [-0.4, -0.2) is 44.4 Å². The second kappa shape index (κ2) is 6.50. The molecule has 22 heavy (non-hydrogen) atoms. The molecule has 0 radical (unpaired) electrons. The minimum absolute atomic E-state index is 0.148. The number of hydrogen-bond donors (Lipinski definition) is 1. The normalized spacial score (nSPS) is 11.5. The van der Waals surface area contributed by atoms with E-state index in [2.05, 4.69) is 5.10 Å². The van der Waals surface area contributed by atoms with Crippen LogP contribution in [0.3, 0.4) is 0 Å². The first-order valence-electron chi connectivity index (χ1n) is 7.12. The van der Waals surface area contributed by atoms with E-state index in [9.17, 15) is 9.90 Å². The van der Waals surface area contributed by atoms with Gasteiger partial charge in [-0.2, -0.15) is 5.10 Å². The Kier molecular flexibility index (Phi) is 4.88. The fourth-order valence-corrected chi connectivity index (χ4v) is 2.27. The molecule has 2 rings (SSSR count). The summed E-state index contributed by atoms with van der Waals surface area (Å²) in [5.41, 5.74) is 0.382. The molecular formula is C16H20ClN3O2. The summed E-state index contributed by atoms with van der Waals surface area (Å²) in [6, 6.07) is 7.20. The van der Waals surface area contributed by atoms with Gasteiger partial charge in [0, 0.05) is 24.3 Å². The number of nitrogens with zero attached hydrogens (tertiary/aromatic N) is 3. The lowest BCUT2D eigenvalue weighted by Crippen LogP contribution is -2.42. The first kappa shape index (κ1) is 16.5. The lowest BCUT2D eigenvalue weighted by Gasteiger charge is -2.27. The highest BCUT2D eigenvalue weighted by molar-refractivity contribution is 6.30. The van der Waals surface area contributed by atoms with E-state index >= 15 is 0 Å². The molecule has 0 fully saturated rings. The van der Waals surface area contributed by atoms with Crippen molar-refractivity contribution in [3.63, 3.8) is 0 Å². The molecule has 118 valence electrons. The van der Waals surface area contributed by atoms with Gasteiger partial charge in [-0.25, -0.2) is 4.68 Å². The zero-order chi connectivity index (χ0) is 16.3. The summed E-state index contributed by atoms with van der Waals surface area (Å²) in [4.78, 5) is 14.1. The molecule has 5 nitrogen and oxygen atoms in total. The molecule has 1 amide bonds. The molecule has 0 bridgehead atoms. The average Bonchev–Trinajstić information content (AvgIpc) is 2.93. The Bertz CT molecular complexity index is 644. The van der Waals surface area contributed by atoms with Gasteiger partial charge in [-0.15, -0.1) is 0 Å². The second-order valence-corrected chi connectivity index (χ2v) is 6.22. The number of halogens is 1. The van der Waals surface area contributed by atoms with Crippen LogP contribution < -0.4 is 0 Å². The van der Waals surface area contributed by atoms with Crippen molar-refractivity contribution in [2.75, 3.05) is 13.1 Å². The molecule has 1 heterocycles. The Morgan fingerprint density at radius 3 is 2.55 bits per heavy atom. The molecule has 0 atom stereocenters. The largest absolute Gasteiger partial charge is 0.389 e. The van der Waals surface area contributed by atoms with Crippen LogP contribution >= 0.6 is 11.6 Å². The van der Waals surface area contributed by atoms with Gasteiger partial charge in [-0.1, -0.05) is 11.6 Å². The first-order valence-corrected chi connectivity index (χ1v) is 7.50. The summed E-state index contributed by atoms with van der Waals surface area (Å²) in [6.45, 7) is 6.04. The van der Waals surface area contributed by atoms with Crippen LogP contribution in [0.5, 0.6) is 0 Å². The van der Waals surface area contributed by atoms with E-state index in [1.54, 1.807) is 41.8 Å². The van der Waals surface area contributed by atoms with E-state index in [0.717, 1.165) is 5.69 Å². The predicted octanol–water partition coefficient (Wildman–Crippen LogP) is 2.76. The number of carbonyl (C=O) groups is 1. The zero-order valence-electron chi connectivity index (χ0n) is 13.0. The van der Waals surface area contributed by atoms with Gasteiger partial charge in [0.1, 0.15) is 0 Å². The van der Waals surface area contributed by atoms with E-state index in [1.165, 1.54) is 6.20 Å². The first-order chi connectivity index (χ1) is 10.3. The van der Waals surface area contributed by atoms with Crippen LogP contribution in [0.4, 0.5) is 0 Å². The summed E-state index contributed by atoms with van der Waals surface area (Å²) in [5.74, 6) is -0.148. The van der Waals surface area contributed by atoms with Crippen molar-refractivity contribution in [1.29, 1.82) is 0 Å². The molecule has 0 aliphatic heterocycles. The van der Waals surface area contributed by atoms with Gasteiger partial charge in [-0.3, -0.25) is 4.79 Å². The molecule has 0 saturated heterocycles. The molecule has 0 aliphatic carbocycles. The van der Waals surface area contributed by atoms with Gasteiger partial charge >= 0.3 is 0 Å². The van der Waals surface area contributed by atoms with Crippen LogP contribution in [0.1, 0.15) is 31.1 Å². The quantitative estimate of drug-likeness (QED) is 0.921. The Labute approximate surface area is 135 Å². The smallest absolute Gasteiger partial charge is 0.257 e. The van der Waals surface area contributed by atoms with E-state index in [4.69, 9.17) is 11.6 Å². The Balaban J connectivity index is 2.19. The number of rotatable bonds is 5. The lowest BCUT2D eigenvalue weighted by molar-refractivity contribution is 0.0314. The third-order valence-electron chi connectivity index (χ3n) is 3.17. The van der Waals surface area contributed by atoms with Crippen LogP contribution in [-0.2, 0) is 0 Å². The predicted molar refractivity (Wildman–Crippen MR) is 86.4 cm³/mol. The third-order valence-corrected chi connectivity index (χ3v) is 3.42. The Hall–Kier alpha value is -1.85. The van der Waals surface area contributed by atoms with E-state index in [1.807, 2.05) is 19.1 Å². The fourth-order valence-electron chi connectivity index (χ4n) is 2.15. The topological polar surface area (TPSA) is 58.4 Å². The third kappa shape index (κ3) is 4.08. The van der Waals surface area contributed by atoms with Crippen molar-refractivity contribution in [3.8, 4) is 5.69 Å². The van der Waals surface area contributed by atoms with Crippen LogP contribution in [0, 0.1) is 0 Å². The second-order valence-electron chi connectivity index (χ2n) is 5.78. The molecule has 0 unspecified atom stereocenters. The maximum Gasteiger partial charge on any atom is 0.257 e. The van der Waals surface area contributed by atoms with Crippen molar-refractivity contribution < 1.29 is 9.90 Å². The van der Waals surface area contributed by atoms with Crippen LogP contribution in [0.15, 0.2) is 36.7 Å². The summed E-state index contributed by atoms with van der Waals surface area (Å²) >= 11 is 5.86.